The Morgan fingerprint density at radius 2 is 1.81 bits per heavy atom. The summed E-state index contributed by atoms with van der Waals surface area (Å²) < 4.78 is 5.67. The SMILES string of the molecule is CC(CCc1ccc(OC(C)C)cc1)NC(=O)CC(C)C1CCNCC1. The van der Waals surface area contributed by atoms with Crippen molar-refractivity contribution in [1.82, 2.24) is 10.6 Å². The van der Waals surface area contributed by atoms with E-state index in [0.717, 1.165) is 31.7 Å². The van der Waals surface area contributed by atoms with Crippen LogP contribution in [0.2, 0.25) is 0 Å². The van der Waals surface area contributed by atoms with Crippen LogP contribution in [0.3, 0.4) is 0 Å². The van der Waals surface area contributed by atoms with Gasteiger partial charge in [0, 0.05) is 12.5 Å². The highest BCUT2D eigenvalue weighted by atomic mass is 16.5. The molecule has 0 spiro atoms. The van der Waals surface area contributed by atoms with E-state index in [9.17, 15) is 4.79 Å². The zero-order chi connectivity index (χ0) is 18.9. The van der Waals surface area contributed by atoms with Crippen molar-refractivity contribution in [3.63, 3.8) is 0 Å². The molecule has 1 fully saturated rings. The summed E-state index contributed by atoms with van der Waals surface area (Å²) in [7, 11) is 0. The molecule has 0 radical (unpaired) electrons. The molecule has 0 bridgehead atoms. The van der Waals surface area contributed by atoms with Crippen molar-refractivity contribution in [1.29, 1.82) is 0 Å². The molecule has 4 heteroatoms. The van der Waals surface area contributed by atoms with Crippen molar-refractivity contribution in [3.05, 3.63) is 29.8 Å². The van der Waals surface area contributed by atoms with E-state index in [1.165, 1.54) is 18.4 Å². The van der Waals surface area contributed by atoms with Crippen LogP contribution in [0.4, 0.5) is 0 Å². The summed E-state index contributed by atoms with van der Waals surface area (Å²) in [6, 6.07) is 8.49. The molecule has 26 heavy (non-hydrogen) atoms. The number of benzene rings is 1. The maximum Gasteiger partial charge on any atom is 0.220 e. The predicted molar refractivity (Wildman–Crippen MR) is 108 cm³/mol. The van der Waals surface area contributed by atoms with Crippen LogP contribution in [0.15, 0.2) is 24.3 Å². The van der Waals surface area contributed by atoms with Crippen molar-refractivity contribution in [2.45, 2.75) is 71.9 Å². The minimum absolute atomic E-state index is 0.198. The van der Waals surface area contributed by atoms with E-state index in [2.05, 4.69) is 36.6 Å². The Morgan fingerprint density at radius 3 is 2.42 bits per heavy atom. The Hall–Kier alpha value is -1.55. The molecule has 2 rings (SSSR count). The molecule has 1 saturated heterocycles. The van der Waals surface area contributed by atoms with Crippen LogP contribution < -0.4 is 15.4 Å². The lowest BCUT2D eigenvalue weighted by molar-refractivity contribution is -0.123. The largest absolute Gasteiger partial charge is 0.491 e. The molecule has 1 heterocycles. The van der Waals surface area contributed by atoms with Gasteiger partial charge in [0.05, 0.1) is 6.10 Å². The molecule has 1 aromatic carbocycles. The molecule has 1 aromatic rings. The summed E-state index contributed by atoms with van der Waals surface area (Å²) in [4.78, 5) is 12.3. The Labute approximate surface area is 159 Å². The first-order valence-corrected chi connectivity index (χ1v) is 10.2. The van der Waals surface area contributed by atoms with Crippen LogP contribution in [-0.2, 0) is 11.2 Å². The summed E-state index contributed by atoms with van der Waals surface area (Å²) in [5.74, 6) is 2.27. The second-order valence-corrected chi connectivity index (χ2v) is 8.09. The first-order valence-electron chi connectivity index (χ1n) is 10.2. The Kier molecular flexibility index (Phi) is 8.43. The molecule has 2 unspecified atom stereocenters. The molecule has 0 aliphatic carbocycles. The van der Waals surface area contributed by atoms with E-state index in [1.54, 1.807) is 0 Å². The van der Waals surface area contributed by atoms with Gasteiger partial charge in [-0.1, -0.05) is 19.1 Å². The number of nitrogens with one attached hydrogen (secondary N) is 2. The summed E-state index contributed by atoms with van der Waals surface area (Å²) in [5.41, 5.74) is 1.28. The molecule has 2 atom stereocenters. The van der Waals surface area contributed by atoms with Gasteiger partial charge in [0.15, 0.2) is 0 Å². The Bertz CT molecular complexity index is 536. The monoisotopic (exact) mass is 360 g/mol. The molecule has 1 aliphatic heterocycles. The quantitative estimate of drug-likeness (QED) is 0.701. The number of hydrogen-bond acceptors (Lipinski definition) is 3. The summed E-state index contributed by atoms with van der Waals surface area (Å²) in [6.07, 6.45) is 5.16. The highest BCUT2D eigenvalue weighted by molar-refractivity contribution is 5.76. The molecule has 0 aromatic heterocycles. The third-order valence-corrected chi connectivity index (χ3v) is 5.26. The van der Waals surface area contributed by atoms with Crippen molar-refractivity contribution < 1.29 is 9.53 Å². The van der Waals surface area contributed by atoms with Gasteiger partial charge in [-0.05, 0) is 89.1 Å². The van der Waals surface area contributed by atoms with Crippen LogP contribution in [0.1, 0.15) is 58.9 Å². The van der Waals surface area contributed by atoms with Crippen molar-refractivity contribution in [2.75, 3.05) is 13.1 Å². The number of aryl methyl sites for hydroxylation is 1. The zero-order valence-corrected chi connectivity index (χ0v) is 16.9. The van der Waals surface area contributed by atoms with Gasteiger partial charge in [0.1, 0.15) is 5.75 Å². The van der Waals surface area contributed by atoms with Gasteiger partial charge in [-0.2, -0.15) is 0 Å². The maximum atomic E-state index is 12.3. The van der Waals surface area contributed by atoms with Crippen molar-refractivity contribution in [3.8, 4) is 5.75 Å². The average molecular weight is 361 g/mol. The Balaban J connectivity index is 1.68. The first kappa shape index (κ1) is 20.8. The van der Waals surface area contributed by atoms with Gasteiger partial charge in [-0.25, -0.2) is 0 Å². The van der Waals surface area contributed by atoms with E-state index < -0.39 is 0 Å². The standard InChI is InChI=1S/C22H36N2O2/c1-16(2)26-21-9-7-19(8-10-21)6-5-18(4)24-22(25)15-17(3)20-11-13-23-14-12-20/h7-10,16-18,20,23H,5-6,11-15H2,1-4H3,(H,24,25). The molecular weight excluding hydrogens is 324 g/mol. The number of piperidine rings is 1. The third kappa shape index (κ3) is 7.36. The molecule has 1 amide bonds. The van der Waals surface area contributed by atoms with E-state index in [1.807, 2.05) is 26.0 Å². The van der Waals surface area contributed by atoms with E-state index in [-0.39, 0.29) is 18.1 Å². The summed E-state index contributed by atoms with van der Waals surface area (Å²) in [5, 5.41) is 6.57. The van der Waals surface area contributed by atoms with Gasteiger partial charge in [-0.3, -0.25) is 4.79 Å². The maximum absolute atomic E-state index is 12.3. The molecule has 146 valence electrons. The van der Waals surface area contributed by atoms with Crippen LogP contribution in [0.5, 0.6) is 5.75 Å². The van der Waals surface area contributed by atoms with E-state index in [0.29, 0.717) is 18.3 Å². The molecule has 4 nitrogen and oxygen atoms in total. The molecule has 2 N–H and O–H groups in total. The van der Waals surface area contributed by atoms with Crippen molar-refractivity contribution >= 4 is 5.91 Å². The predicted octanol–water partition coefficient (Wildman–Crippen LogP) is 3.94. The minimum atomic E-state index is 0.198. The van der Waals surface area contributed by atoms with Gasteiger partial charge < -0.3 is 15.4 Å². The molecule has 1 aliphatic rings. The van der Waals surface area contributed by atoms with Crippen LogP contribution in [0, 0.1) is 11.8 Å². The van der Waals surface area contributed by atoms with Gasteiger partial charge >= 0.3 is 0 Å². The minimum Gasteiger partial charge on any atom is -0.491 e. The van der Waals surface area contributed by atoms with Gasteiger partial charge in [0.25, 0.3) is 0 Å². The lowest BCUT2D eigenvalue weighted by Gasteiger charge is -2.28. The third-order valence-electron chi connectivity index (χ3n) is 5.26. The molecule has 0 saturated carbocycles. The smallest absolute Gasteiger partial charge is 0.220 e. The number of carbonyl (C=O) groups excluding carboxylic acids is 1. The lowest BCUT2D eigenvalue weighted by atomic mass is 9.84. The van der Waals surface area contributed by atoms with E-state index in [4.69, 9.17) is 4.74 Å². The lowest BCUT2D eigenvalue weighted by Crippen LogP contribution is -2.36. The molecular formula is C22H36N2O2. The number of rotatable bonds is 9. The number of carbonyl (C=O) groups is 1. The second kappa shape index (κ2) is 10.6. The van der Waals surface area contributed by atoms with Crippen LogP contribution >= 0.6 is 0 Å². The highest BCUT2D eigenvalue weighted by Crippen LogP contribution is 2.24. The fourth-order valence-electron chi connectivity index (χ4n) is 3.67. The topological polar surface area (TPSA) is 50.4 Å². The number of hydrogen-bond donors (Lipinski definition) is 2. The first-order chi connectivity index (χ1) is 12.4. The summed E-state index contributed by atoms with van der Waals surface area (Å²) >= 11 is 0. The summed E-state index contributed by atoms with van der Waals surface area (Å²) in [6.45, 7) is 10.6. The van der Waals surface area contributed by atoms with Crippen molar-refractivity contribution in [2.24, 2.45) is 11.8 Å². The zero-order valence-electron chi connectivity index (χ0n) is 16.9. The fourth-order valence-corrected chi connectivity index (χ4v) is 3.67. The van der Waals surface area contributed by atoms with Gasteiger partial charge in [0.2, 0.25) is 5.91 Å². The second-order valence-electron chi connectivity index (χ2n) is 8.09. The van der Waals surface area contributed by atoms with Crippen LogP contribution in [-0.4, -0.2) is 31.1 Å². The van der Waals surface area contributed by atoms with Crippen LogP contribution in [0.25, 0.3) is 0 Å². The number of amides is 1. The average Bonchev–Trinajstić information content (AvgIpc) is 2.61. The fraction of sp³-hybridized carbons (Fsp3) is 0.682. The van der Waals surface area contributed by atoms with E-state index >= 15 is 0 Å². The van der Waals surface area contributed by atoms with Gasteiger partial charge in [-0.15, -0.1) is 0 Å². The Morgan fingerprint density at radius 1 is 1.15 bits per heavy atom. The highest BCUT2D eigenvalue weighted by Gasteiger charge is 2.22. The normalized spacial score (nSPS) is 17.7. The number of ether oxygens (including phenoxy) is 1.